The number of nitrogens with one attached hydrogen (secondary N) is 1. The number of hydrogen-bond donors (Lipinski definition) is 1. The first-order valence-corrected chi connectivity index (χ1v) is 9.55. The van der Waals surface area contributed by atoms with E-state index >= 15 is 0 Å². The van der Waals surface area contributed by atoms with Gasteiger partial charge >= 0.3 is 0 Å². The summed E-state index contributed by atoms with van der Waals surface area (Å²) in [5.41, 5.74) is 4.15. The molecule has 1 aliphatic rings. The fourth-order valence-electron chi connectivity index (χ4n) is 2.96. The lowest BCUT2D eigenvalue weighted by Crippen LogP contribution is -2.30. The van der Waals surface area contributed by atoms with Gasteiger partial charge in [0.2, 0.25) is 0 Å². The maximum atomic E-state index is 12.7. The van der Waals surface area contributed by atoms with Crippen molar-refractivity contribution in [3.63, 3.8) is 0 Å². The Balaban J connectivity index is 1.44. The lowest BCUT2D eigenvalue weighted by molar-refractivity contribution is -0.113. The van der Waals surface area contributed by atoms with Gasteiger partial charge in [-0.2, -0.15) is 0 Å². The zero-order chi connectivity index (χ0) is 20.2. The van der Waals surface area contributed by atoms with Crippen LogP contribution >= 0.6 is 12.2 Å². The summed E-state index contributed by atoms with van der Waals surface area (Å²) in [6.45, 7) is 2.65. The van der Waals surface area contributed by atoms with Crippen molar-refractivity contribution in [3.05, 3.63) is 95.5 Å². The van der Waals surface area contributed by atoms with Crippen LogP contribution < -0.4 is 10.2 Å². The van der Waals surface area contributed by atoms with Gasteiger partial charge in [0.25, 0.3) is 5.91 Å². The summed E-state index contributed by atoms with van der Waals surface area (Å²) >= 11 is 5.32. The predicted octanol–water partition coefficient (Wildman–Crippen LogP) is 3.45. The van der Waals surface area contributed by atoms with E-state index in [0.29, 0.717) is 23.0 Å². The molecule has 1 N–H and O–H groups in total. The number of amides is 1. The molecule has 2 aromatic carbocycles. The molecule has 0 aliphatic carbocycles. The van der Waals surface area contributed by atoms with Crippen molar-refractivity contribution in [2.24, 2.45) is 0 Å². The normalized spacial score (nSPS) is 15.5. The lowest BCUT2D eigenvalue weighted by Gasteiger charge is -2.13. The summed E-state index contributed by atoms with van der Waals surface area (Å²) in [7, 11) is 0. The molecule has 0 bridgehead atoms. The number of nitrogens with zero attached hydrogens (tertiary/aromatic N) is 4. The Labute approximate surface area is 174 Å². The van der Waals surface area contributed by atoms with Crippen LogP contribution in [0.5, 0.6) is 0 Å². The summed E-state index contributed by atoms with van der Waals surface area (Å²) in [4.78, 5) is 14.2. The molecule has 29 heavy (non-hydrogen) atoms. The molecule has 4 rings (SSSR count). The first-order valence-electron chi connectivity index (χ1n) is 9.15. The third-order valence-electron chi connectivity index (χ3n) is 4.44. The molecule has 1 amide bonds. The number of benzene rings is 2. The summed E-state index contributed by atoms with van der Waals surface area (Å²) < 4.78 is 1.77. The molecule has 0 atom stereocenters. The second-order valence-corrected chi connectivity index (χ2v) is 7.06. The van der Waals surface area contributed by atoms with Gasteiger partial charge in [-0.15, -0.1) is 5.10 Å². The highest BCUT2D eigenvalue weighted by Crippen LogP contribution is 2.21. The molecular weight excluding hydrogens is 382 g/mol. The minimum Gasteiger partial charge on any atom is -0.327 e. The van der Waals surface area contributed by atoms with Crippen LogP contribution in [0.2, 0.25) is 0 Å². The van der Waals surface area contributed by atoms with E-state index in [4.69, 9.17) is 12.2 Å². The Hall–Kier alpha value is -3.58. The van der Waals surface area contributed by atoms with E-state index in [0.717, 1.165) is 16.8 Å². The van der Waals surface area contributed by atoms with Crippen LogP contribution in [0.15, 0.2) is 78.6 Å². The minimum absolute atomic E-state index is 0.184. The van der Waals surface area contributed by atoms with Crippen molar-refractivity contribution in [2.75, 3.05) is 4.90 Å². The lowest BCUT2D eigenvalue weighted by atomic mass is 10.2. The highest BCUT2D eigenvalue weighted by atomic mass is 32.1. The summed E-state index contributed by atoms with van der Waals surface area (Å²) in [6, 6.07) is 17.7. The van der Waals surface area contributed by atoms with Gasteiger partial charge in [-0.25, -0.2) is 4.68 Å². The number of allylic oxidation sites excluding steroid dienone is 2. The second kappa shape index (κ2) is 8.20. The van der Waals surface area contributed by atoms with E-state index < -0.39 is 0 Å². The van der Waals surface area contributed by atoms with Crippen molar-refractivity contribution in [2.45, 2.75) is 13.5 Å². The Morgan fingerprint density at radius 1 is 1.10 bits per heavy atom. The molecule has 1 fully saturated rings. The summed E-state index contributed by atoms with van der Waals surface area (Å²) in [6.07, 6.45) is 7.11. The van der Waals surface area contributed by atoms with E-state index in [9.17, 15) is 4.79 Å². The molecule has 0 radical (unpaired) electrons. The molecule has 1 saturated heterocycles. The number of carbonyl (C=O) groups excluding carboxylic acids is 1. The fourth-order valence-corrected chi connectivity index (χ4v) is 3.26. The van der Waals surface area contributed by atoms with Crippen LogP contribution in [0.25, 0.3) is 6.08 Å². The summed E-state index contributed by atoms with van der Waals surface area (Å²) in [5, 5.41) is 11.6. The quantitative estimate of drug-likeness (QED) is 0.524. The van der Waals surface area contributed by atoms with Crippen LogP contribution in [0.1, 0.15) is 16.8 Å². The average molecular weight is 401 g/mol. The second-order valence-electron chi connectivity index (χ2n) is 6.67. The van der Waals surface area contributed by atoms with Gasteiger partial charge in [0, 0.05) is 0 Å². The molecule has 1 aromatic heterocycles. The first-order chi connectivity index (χ1) is 14.1. The average Bonchev–Trinajstić information content (AvgIpc) is 3.27. The Morgan fingerprint density at radius 3 is 2.62 bits per heavy atom. The molecule has 0 spiro atoms. The smallest absolute Gasteiger partial charge is 0.281 e. The standard InChI is InChI=1S/C22H19N5OS/c1-16-10-12-19(13-11-16)27-21(28)20(23-22(27)29)9-5-8-18-15-26(25-24-18)14-17-6-3-2-4-7-17/h2-13,15H,14H2,1H3,(H,23,29)/b8-5+,20-9+. The van der Waals surface area contributed by atoms with E-state index in [1.165, 1.54) is 4.90 Å². The molecule has 7 heteroatoms. The SMILES string of the molecule is Cc1ccc(N2C(=O)/C(=C\C=C\c3cn(Cc4ccccc4)nn3)NC2=S)cc1. The number of rotatable bonds is 5. The zero-order valence-electron chi connectivity index (χ0n) is 15.8. The molecule has 1 aliphatic heterocycles. The number of hydrogen-bond acceptors (Lipinski definition) is 4. The van der Waals surface area contributed by atoms with E-state index in [1.807, 2.05) is 67.7 Å². The van der Waals surface area contributed by atoms with E-state index in [1.54, 1.807) is 22.9 Å². The highest BCUT2D eigenvalue weighted by molar-refractivity contribution is 7.80. The number of aryl methyl sites for hydroxylation is 1. The van der Waals surface area contributed by atoms with Gasteiger partial charge in [0.05, 0.1) is 18.4 Å². The number of thiocarbonyl (C=S) groups is 1. The molecule has 0 unspecified atom stereocenters. The van der Waals surface area contributed by atoms with Gasteiger partial charge in [0.15, 0.2) is 5.11 Å². The Bertz CT molecular complexity index is 1100. The minimum atomic E-state index is -0.184. The predicted molar refractivity (Wildman–Crippen MR) is 117 cm³/mol. The monoisotopic (exact) mass is 401 g/mol. The third kappa shape index (κ3) is 4.30. The van der Waals surface area contributed by atoms with Crippen LogP contribution in [0, 0.1) is 6.92 Å². The fraction of sp³-hybridized carbons (Fsp3) is 0.0909. The molecular formula is C22H19N5OS. The van der Waals surface area contributed by atoms with E-state index in [2.05, 4.69) is 15.6 Å². The molecule has 0 saturated carbocycles. The highest BCUT2D eigenvalue weighted by Gasteiger charge is 2.31. The molecule has 3 aromatic rings. The van der Waals surface area contributed by atoms with Crippen molar-refractivity contribution in [1.29, 1.82) is 0 Å². The number of anilines is 1. The maximum absolute atomic E-state index is 12.7. The van der Waals surface area contributed by atoms with Gasteiger partial charge in [-0.05, 0) is 49.0 Å². The molecule has 2 heterocycles. The maximum Gasteiger partial charge on any atom is 0.281 e. The van der Waals surface area contributed by atoms with Crippen molar-refractivity contribution < 1.29 is 4.79 Å². The van der Waals surface area contributed by atoms with Crippen molar-refractivity contribution >= 4 is 35.0 Å². The summed E-state index contributed by atoms with van der Waals surface area (Å²) in [5.74, 6) is -0.184. The van der Waals surface area contributed by atoms with Crippen molar-refractivity contribution in [3.8, 4) is 0 Å². The van der Waals surface area contributed by atoms with Gasteiger partial charge in [0.1, 0.15) is 11.4 Å². The van der Waals surface area contributed by atoms with Gasteiger partial charge in [-0.3, -0.25) is 9.69 Å². The van der Waals surface area contributed by atoms with Gasteiger partial charge < -0.3 is 5.32 Å². The largest absolute Gasteiger partial charge is 0.327 e. The Morgan fingerprint density at radius 2 is 1.86 bits per heavy atom. The van der Waals surface area contributed by atoms with Crippen LogP contribution in [0.3, 0.4) is 0 Å². The molecule has 6 nitrogen and oxygen atoms in total. The topological polar surface area (TPSA) is 63.1 Å². The van der Waals surface area contributed by atoms with Crippen LogP contribution in [0.4, 0.5) is 5.69 Å². The Kier molecular flexibility index (Phi) is 5.31. The van der Waals surface area contributed by atoms with E-state index in [-0.39, 0.29) is 5.91 Å². The van der Waals surface area contributed by atoms with Crippen LogP contribution in [-0.4, -0.2) is 26.0 Å². The number of carbonyl (C=O) groups is 1. The van der Waals surface area contributed by atoms with Crippen LogP contribution in [-0.2, 0) is 11.3 Å². The third-order valence-corrected chi connectivity index (χ3v) is 4.73. The van der Waals surface area contributed by atoms with Crippen molar-refractivity contribution in [1.82, 2.24) is 20.3 Å². The zero-order valence-corrected chi connectivity index (χ0v) is 16.6. The molecule has 144 valence electrons. The number of aromatic nitrogens is 3. The first kappa shape index (κ1) is 18.8. The van der Waals surface area contributed by atoms with Gasteiger partial charge in [-0.1, -0.05) is 59.3 Å².